The molecule has 6 heterocycles. The number of aryl methyl sites for hydroxylation is 4. The van der Waals surface area contributed by atoms with Crippen molar-refractivity contribution in [3.8, 4) is 17.1 Å². The van der Waals surface area contributed by atoms with Gasteiger partial charge in [0.15, 0.2) is 5.89 Å². The number of carbonyl (C=O) groups excluding carboxylic acids is 3. The third kappa shape index (κ3) is 7.56. The second kappa shape index (κ2) is 16.1. The van der Waals surface area contributed by atoms with Gasteiger partial charge >= 0.3 is 0 Å². The first-order valence-electron chi connectivity index (χ1n) is 18.7. The largest absolute Gasteiger partial charge is 0.491 e. The van der Waals surface area contributed by atoms with Crippen LogP contribution in [-0.2, 0) is 26.1 Å². The van der Waals surface area contributed by atoms with E-state index in [-0.39, 0.29) is 29.4 Å². The topological polar surface area (TPSA) is 229 Å². The number of pyridine rings is 2. The van der Waals surface area contributed by atoms with Crippen molar-refractivity contribution in [1.82, 2.24) is 44.2 Å². The van der Waals surface area contributed by atoms with Crippen molar-refractivity contribution in [1.29, 1.82) is 0 Å². The molecule has 17 nitrogen and oxygen atoms in total. The van der Waals surface area contributed by atoms with Crippen LogP contribution in [0.5, 0.6) is 5.75 Å². The fourth-order valence-corrected chi connectivity index (χ4v) is 6.87. The van der Waals surface area contributed by atoms with Gasteiger partial charge in [-0.1, -0.05) is 19.1 Å². The fourth-order valence-electron chi connectivity index (χ4n) is 6.87. The maximum absolute atomic E-state index is 13.6. The van der Waals surface area contributed by atoms with E-state index in [1.807, 2.05) is 67.4 Å². The summed E-state index contributed by atoms with van der Waals surface area (Å²) in [5.41, 5.74) is 17.1. The van der Waals surface area contributed by atoms with Crippen molar-refractivity contribution >= 4 is 56.8 Å². The predicted molar refractivity (Wildman–Crippen MR) is 215 cm³/mol. The van der Waals surface area contributed by atoms with E-state index < -0.39 is 17.7 Å². The molecule has 17 heteroatoms. The summed E-state index contributed by atoms with van der Waals surface area (Å²) in [6.45, 7) is 9.86. The van der Waals surface area contributed by atoms with E-state index in [4.69, 9.17) is 30.6 Å². The molecule has 3 amide bonds. The van der Waals surface area contributed by atoms with Crippen molar-refractivity contribution in [2.75, 3.05) is 25.5 Å². The molecule has 1 aromatic carbocycles. The van der Waals surface area contributed by atoms with Crippen molar-refractivity contribution in [2.24, 2.45) is 11.5 Å². The molecule has 0 saturated heterocycles. The van der Waals surface area contributed by atoms with Crippen LogP contribution in [0.25, 0.3) is 44.5 Å². The second-order valence-electron chi connectivity index (χ2n) is 13.5. The number of oxazole rings is 1. The molecule has 0 saturated carbocycles. The van der Waals surface area contributed by atoms with Gasteiger partial charge in [-0.05, 0) is 76.7 Å². The molecule has 57 heavy (non-hydrogen) atoms. The second-order valence-corrected chi connectivity index (χ2v) is 13.5. The lowest BCUT2D eigenvalue weighted by Crippen LogP contribution is -2.17. The number of allylic oxidation sites excluding steroid dienone is 2. The van der Waals surface area contributed by atoms with Crippen LogP contribution in [0, 0.1) is 13.8 Å². The summed E-state index contributed by atoms with van der Waals surface area (Å²) in [5.74, 6) is -0.695. The molecule has 0 aliphatic heterocycles. The highest BCUT2D eigenvalue weighted by molar-refractivity contribution is 6.08. The van der Waals surface area contributed by atoms with Gasteiger partial charge in [0, 0.05) is 49.1 Å². The Morgan fingerprint density at radius 1 is 0.912 bits per heavy atom. The summed E-state index contributed by atoms with van der Waals surface area (Å²) >= 11 is 0. The molecule has 0 unspecified atom stereocenters. The van der Waals surface area contributed by atoms with Gasteiger partial charge < -0.3 is 35.1 Å². The van der Waals surface area contributed by atoms with E-state index >= 15 is 0 Å². The number of nitrogens with zero attached hydrogens (tertiary/aromatic N) is 8. The summed E-state index contributed by atoms with van der Waals surface area (Å²) in [5, 5.41) is 12.1. The van der Waals surface area contributed by atoms with Crippen LogP contribution in [0.4, 0.5) is 5.95 Å². The molecule has 0 bridgehead atoms. The van der Waals surface area contributed by atoms with Gasteiger partial charge in [-0.25, -0.2) is 19.9 Å². The van der Waals surface area contributed by atoms with Gasteiger partial charge in [0.25, 0.3) is 5.91 Å². The van der Waals surface area contributed by atoms with Crippen molar-refractivity contribution in [2.45, 2.75) is 60.2 Å². The Hall–Kier alpha value is -6.88. The Labute approximate surface area is 327 Å². The van der Waals surface area contributed by atoms with Crippen LogP contribution < -0.4 is 26.8 Å². The number of amides is 3. The fraction of sp³-hybridized carbons (Fsp3) is 0.300. The molecule has 0 atom stereocenters. The standard InChI is InChI=1S/C40H44N12O5/c1-6-28-34(57-23(4)45-28)39(55)48-40-47-30-19-24(35(41)53)20-32(56-16-10-13-43-5)33(30)50(40)14-8-9-15-51-37-27(18-25(21-44-37)36(42)54)26-11-12-29(46-38(26)51)31-17-22(3)49-52(31)7-2/h8-9,11-12,17-21,43H,6-7,10,13-16H2,1-5H3,(H2,41,53)(H2,42,54)(H,47,48,55)/b9-8+. The van der Waals surface area contributed by atoms with Crippen LogP contribution in [0.15, 0.2) is 59.2 Å². The maximum atomic E-state index is 13.6. The number of ether oxygens (including phenoxy) is 1. The van der Waals surface area contributed by atoms with E-state index in [0.717, 1.165) is 34.4 Å². The number of aromatic nitrogens is 8. The molecule has 0 spiro atoms. The minimum absolute atomic E-state index is 0.0906. The van der Waals surface area contributed by atoms with Crippen molar-refractivity contribution in [3.63, 3.8) is 0 Å². The van der Waals surface area contributed by atoms with E-state index in [1.165, 1.54) is 6.20 Å². The maximum Gasteiger partial charge on any atom is 0.295 e. The number of rotatable bonds is 16. The van der Waals surface area contributed by atoms with Gasteiger partial charge in [0.2, 0.25) is 23.5 Å². The van der Waals surface area contributed by atoms with Crippen LogP contribution in [0.1, 0.15) is 68.8 Å². The molecule has 7 aromatic rings. The molecule has 0 aliphatic carbocycles. The van der Waals surface area contributed by atoms with Crippen LogP contribution in [-0.4, -0.2) is 76.8 Å². The monoisotopic (exact) mass is 772 g/mol. The smallest absolute Gasteiger partial charge is 0.295 e. The normalized spacial score (nSPS) is 11.7. The Balaban J connectivity index is 1.30. The average Bonchev–Trinajstić information content (AvgIpc) is 3.95. The van der Waals surface area contributed by atoms with Gasteiger partial charge in [0.1, 0.15) is 22.6 Å². The Kier molecular flexibility index (Phi) is 10.8. The van der Waals surface area contributed by atoms with Crippen LogP contribution in [0.3, 0.4) is 0 Å². The number of primary amides is 2. The quantitative estimate of drug-likeness (QED) is 0.0779. The summed E-state index contributed by atoms with van der Waals surface area (Å²) in [6, 6.07) is 10.8. The van der Waals surface area contributed by atoms with E-state index in [1.54, 1.807) is 29.7 Å². The highest BCUT2D eigenvalue weighted by atomic mass is 16.5. The van der Waals surface area contributed by atoms with Crippen LogP contribution >= 0.6 is 0 Å². The zero-order chi connectivity index (χ0) is 40.4. The van der Waals surface area contributed by atoms with Gasteiger partial charge in [-0.15, -0.1) is 0 Å². The number of fused-ring (bicyclic) bond motifs is 4. The molecular formula is C40H44N12O5. The number of nitrogens with two attached hydrogens (primary N) is 2. The highest BCUT2D eigenvalue weighted by Crippen LogP contribution is 2.33. The molecule has 0 radical (unpaired) electrons. The lowest BCUT2D eigenvalue weighted by atomic mass is 10.1. The first-order valence-corrected chi connectivity index (χ1v) is 18.7. The number of hydrogen-bond donors (Lipinski definition) is 4. The zero-order valence-electron chi connectivity index (χ0n) is 32.4. The number of nitrogens with one attached hydrogen (secondary N) is 2. The average molecular weight is 773 g/mol. The summed E-state index contributed by atoms with van der Waals surface area (Å²) in [4.78, 5) is 57.0. The molecule has 7 rings (SSSR count). The van der Waals surface area contributed by atoms with Crippen molar-refractivity contribution in [3.05, 3.63) is 88.9 Å². The van der Waals surface area contributed by atoms with Gasteiger partial charge in [-0.3, -0.25) is 24.4 Å². The first kappa shape index (κ1) is 38.4. The number of hydrogen-bond acceptors (Lipinski definition) is 11. The Morgan fingerprint density at radius 2 is 1.68 bits per heavy atom. The predicted octanol–water partition coefficient (Wildman–Crippen LogP) is 4.68. The van der Waals surface area contributed by atoms with E-state index in [0.29, 0.717) is 72.2 Å². The third-order valence-corrected chi connectivity index (χ3v) is 9.53. The van der Waals surface area contributed by atoms with Crippen molar-refractivity contribution < 1.29 is 23.5 Å². The number of benzene rings is 1. The summed E-state index contributed by atoms with van der Waals surface area (Å²) in [6.07, 6.45) is 6.53. The lowest BCUT2D eigenvalue weighted by Gasteiger charge is -2.13. The highest BCUT2D eigenvalue weighted by Gasteiger charge is 2.24. The molecule has 0 fully saturated rings. The number of imidazole rings is 1. The van der Waals surface area contributed by atoms with E-state index in [2.05, 4.69) is 25.7 Å². The molecule has 0 aliphatic rings. The third-order valence-electron chi connectivity index (χ3n) is 9.53. The van der Waals surface area contributed by atoms with Gasteiger partial charge in [0.05, 0.1) is 40.5 Å². The molecule has 294 valence electrons. The number of carbonyl (C=O) groups is 3. The Bertz CT molecular complexity index is 2700. The minimum Gasteiger partial charge on any atom is -0.491 e. The SMILES string of the molecule is CCc1nc(C)oc1C(=O)Nc1nc2cc(C(N)=O)cc(OCCCNC)c2n1C/C=C/Cn1c2ncc(C(N)=O)cc2c2ccc(-c3cc(C)nn3CC)nc21. The summed E-state index contributed by atoms with van der Waals surface area (Å²) in [7, 11) is 1.86. The molecular weight excluding hydrogens is 729 g/mol. The van der Waals surface area contributed by atoms with E-state index in [9.17, 15) is 14.4 Å². The van der Waals surface area contributed by atoms with Gasteiger partial charge in [-0.2, -0.15) is 5.10 Å². The summed E-state index contributed by atoms with van der Waals surface area (Å²) < 4.78 is 17.6. The molecule has 6 aromatic heterocycles. The molecule has 6 N–H and O–H groups in total. The first-order chi connectivity index (χ1) is 27.5. The minimum atomic E-state index is -0.643. The lowest BCUT2D eigenvalue weighted by molar-refractivity contribution is 0.0987. The number of anilines is 1. The Morgan fingerprint density at radius 3 is 2.40 bits per heavy atom. The zero-order valence-corrected chi connectivity index (χ0v) is 32.4. The van der Waals surface area contributed by atoms with Crippen LogP contribution in [0.2, 0.25) is 0 Å².